The lowest BCUT2D eigenvalue weighted by molar-refractivity contribution is 1.53. The largest absolute Gasteiger partial charge is 0.0892 e. The summed E-state index contributed by atoms with van der Waals surface area (Å²) in [5.41, 5.74) is 0. The maximum Gasteiger partial charge on any atom is 0.0182 e. The molecule has 0 bridgehead atoms. The van der Waals surface area contributed by atoms with Gasteiger partial charge in [0.05, 0.1) is 0 Å². The van der Waals surface area contributed by atoms with Crippen molar-refractivity contribution in [2.75, 3.05) is 0 Å². The summed E-state index contributed by atoms with van der Waals surface area (Å²) in [6, 6.07) is 0. The summed E-state index contributed by atoms with van der Waals surface area (Å²) in [7, 11) is 0. The molecule has 0 unspecified atom stereocenters. The Bertz CT molecular complexity index is 41.6. The van der Waals surface area contributed by atoms with Crippen LogP contribution < -0.4 is 0 Å². The fourth-order valence-electron chi connectivity index (χ4n) is 0. The molecule has 1 radical (unpaired) electrons. The van der Waals surface area contributed by atoms with E-state index < -0.39 is 0 Å². The zero-order valence-electron chi connectivity index (χ0n) is 3.38. The van der Waals surface area contributed by atoms with Crippen molar-refractivity contribution >= 4 is 11.6 Å². The molecule has 0 aliphatic heterocycles. The van der Waals surface area contributed by atoms with Crippen LogP contribution in [0.15, 0.2) is 5.03 Å². The van der Waals surface area contributed by atoms with Gasteiger partial charge in [-0.2, -0.15) is 0 Å². The van der Waals surface area contributed by atoms with E-state index >= 15 is 0 Å². The van der Waals surface area contributed by atoms with Crippen LogP contribution in [0.2, 0.25) is 0 Å². The molecular weight excluding hydrogens is 83.5 g/mol. The van der Waals surface area contributed by atoms with Crippen molar-refractivity contribution in [2.24, 2.45) is 0 Å². The van der Waals surface area contributed by atoms with Gasteiger partial charge in [0.2, 0.25) is 0 Å². The third kappa shape index (κ3) is 4.03. The minimum atomic E-state index is 0.727. The third-order valence-corrected chi connectivity index (χ3v) is 0.533. The van der Waals surface area contributed by atoms with Crippen molar-refractivity contribution in [1.82, 2.24) is 0 Å². The van der Waals surface area contributed by atoms with Gasteiger partial charge in [-0.05, 0) is 19.9 Å². The minimum absolute atomic E-state index is 0.727. The van der Waals surface area contributed by atoms with Gasteiger partial charge in [-0.25, -0.2) is 0 Å². The van der Waals surface area contributed by atoms with Gasteiger partial charge in [0.1, 0.15) is 0 Å². The molecule has 0 spiro atoms. The van der Waals surface area contributed by atoms with Gasteiger partial charge in [0.25, 0.3) is 0 Å². The Hall–Kier alpha value is 0.0300. The molecule has 29 valence electrons. The highest BCUT2D eigenvalue weighted by Gasteiger charge is 1.65. The molecule has 0 nitrogen and oxygen atoms in total. The zero-order chi connectivity index (χ0) is 4.28. The Labute approximate surface area is 37.4 Å². The van der Waals surface area contributed by atoms with Crippen molar-refractivity contribution in [3.05, 3.63) is 11.1 Å². The number of hydrogen-bond acceptors (Lipinski definition) is 0. The van der Waals surface area contributed by atoms with Gasteiger partial charge < -0.3 is 0 Å². The fourth-order valence-corrected chi connectivity index (χ4v) is 0. The normalized spacial score (nSPS) is 12.2. The standard InChI is InChI=1S/C4H6Cl/c1-3-4(2)5/h1-2H3. The molecule has 1 heteroatoms. The van der Waals surface area contributed by atoms with Crippen molar-refractivity contribution in [2.45, 2.75) is 13.8 Å². The molecule has 0 heterocycles. The predicted molar refractivity (Wildman–Crippen MR) is 24.0 cm³/mol. The second-order valence-electron chi connectivity index (χ2n) is 0.783. The smallest absolute Gasteiger partial charge is 0.0182 e. The molecular formula is C4H6Cl. The molecule has 0 atom stereocenters. The molecule has 0 N–H and O–H groups in total. The monoisotopic (exact) mass is 89.0 g/mol. The van der Waals surface area contributed by atoms with Crippen LogP contribution in [0, 0.1) is 6.08 Å². The quantitative estimate of drug-likeness (QED) is 0.426. The van der Waals surface area contributed by atoms with Crippen LogP contribution in [0.4, 0.5) is 0 Å². The maximum absolute atomic E-state index is 5.27. The summed E-state index contributed by atoms with van der Waals surface area (Å²) in [4.78, 5) is 0. The van der Waals surface area contributed by atoms with Crippen LogP contribution in [0.1, 0.15) is 13.8 Å². The van der Waals surface area contributed by atoms with Crippen LogP contribution in [0.25, 0.3) is 0 Å². The minimum Gasteiger partial charge on any atom is -0.0892 e. The van der Waals surface area contributed by atoms with Gasteiger partial charge in [0.15, 0.2) is 0 Å². The third-order valence-electron chi connectivity index (χ3n) is 0.344. The Morgan fingerprint density at radius 2 is 2.00 bits per heavy atom. The summed E-state index contributed by atoms with van der Waals surface area (Å²) in [5, 5.41) is 0.727. The summed E-state index contributed by atoms with van der Waals surface area (Å²) in [6.45, 7) is 3.57. The van der Waals surface area contributed by atoms with Crippen LogP contribution >= 0.6 is 11.6 Å². The van der Waals surface area contributed by atoms with Gasteiger partial charge in [-0.3, -0.25) is 0 Å². The number of allylic oxidation sites excluding steroid dienone is 2. The number of rotatable bonds is 0. The lowest BCUT2D eigenvalue weighted by Gasteiger charge is -1.69. The van der Waals surface area contributed by atoms with Gasteiger partial charge in [0, 0.05) is 5.03 Å². The molecule has 0 amide bonds. The first kappa shape index (κ1) is 5.03. The lowest BCUT2D eigenvalue weighted by atomic mass is 10.6. The number of hydrogen-bond donors (Lipinski definition) is 0. The Morgan fingerprint density at radius 1 is 1.80 bits per heavy atom. The van der Waals surface area contributed by atoms with E-state index in [1.165, 1.54) is 0 Å². The Morgan fingerprint density at radius 3 is 2.00 bits per heavy atom. The van der Waals surface area contributed by atoms with Gasteiger partial charge in [-0.1, -0.05) is 11.6 Å². The predicted octanol–water partition coefficient (Wildman–Crippen LogP) is 1.95. The van der Waals surface area contributed by atoms with E-state index in [1.807, 2.05) is 0 Å². The first-order valence-electron chi connectivity index (χ1n) is 1.44. The highest BCUT2D eigenvalue weighted by Crippen LogP contribution is 1.92. The van der Waals surface area contributed by atoms with E-state index in [2.05, 4.69) is 6.08 Å². The van der Waals surface area contributed by atoms with Crippen LogP contribution in [-0.2, 0) is 0 Å². The van der Waals surface area contributed by atoms with Crippen molar-refractivity contribution in [3.8, 4) is 0 Å². The first-order valence-corrected chi connectivity index (χ1v) is 1.82. The molecule has 0 aliphatic rings. The molecule has 5 heavy (non-hydrogen) atoms. The van der Waals surface area contributed by atoms with Crippen molar-refractivity contribution in [1.29, 1.82) is 0 Å². The summed E-state index contributed by atoms with van der Waals surface area (Å²) < 4.78 is 0. The van der Waals surface area contributed by atoms with Crippen LogP contribution in [0.5, 0.6) is 0 Å². The Kier molecular flexibility index (Phi) is 2.29. The molecule has 0 saturated carbocycles. The molecule has 0 saturated heterocycles. The molecule has 0 aromatic rings. The molecule has 0 rings (SSSR count). The van der Waals surface area contributed by atoms with E-state index in [9.17, 15) is 0 Å². The summed E-state index contributed by atoms with van der Waals surface area (Å²) in [6.07, 6.45) is 2.71. The van der Waals surface area contributed by atoms with E-state index in [4.69, 9.17) is 11.6 Å². The maximum atomic E-state index is 5.27. The van der Waals surface area contributed by atoms with Gasteiger partial charge in [-0.15, -0.1) is 0 Å². The number of halogens is 1. The van der Waals surface area contributed by atoms with E-state index in [0.29, 0.717) is 0 Å². The highest BCUT2D eigenvalue weighted by atomic mass is 35.5. The highest BCUT2D eigenvalue weighted by molar-refractivity contribution is 6.28. The SMILES string of the molecule is C[C]=C(C)Cl. The molecule has 0 aromatic heterocycles. The Balaban J connectivity index is 3.14. The second-order valence-corrected chi connectivity index (χ2v) is 1.35. The molecule has 0 aliphatic carbocycles. The van der Waals surface area contributed by atoms with E-state index in [1.54, 1.807) is 13.8 Å². The first-order chi connectivity index (χ1) is 2.27. The van der Waals surface area contributed by atoms with E-state index in [-0.39, 0.29) is 0 Å². The molecule has 0 fully saturated rings. The summed E-state index contributed by atoms with van der Waals surface area (Å²) >= 11 is 5.27. The van der Waals surface area contributed by atoms with Crippen LogP contribution in [0.3, 0.4) is 0 Å². The zero-order valence-corrected chi connectivity index (χ0v) is 4.13. The second kappa shape index (κ2) is 2.28. The summed E-state index contributed by atoms with van der Waals surface area (Å²) in [5.74, 6) is 0. The lowest BCUT2D eigenvalue weighted by Crippen LogP contribution is -1.47. The topological polar surface area (TPSA) is 0 Å². The average molecular weight is 89.5 g/mol. The average Bonchev–Trinajstić information content (AvgIpc) is 1.38. The fraction of sp³-hybridized carbons (Fsp3) is 0.500. The van der Waals surface area contributed by atoms with E-state index in [0.717, 1.165) is 5.03 Å². The van der Waals surface area contributed by atoms with Crippen molar-refractivity contribution in [3.63, 3.8) is 0 Å². The van der Waals surface area contributed by atoms with Gasteiger partial charge >= 0.3 is 0 Å². The van der Waals surface area contributed by atoms with Crippen LogP contribution in [-0.4, -0.2) is 0 Å². The molecule has 0 aromatic carbocycles. The van der Waals surface area contributed by atoms with Crippen molar-refractivity contribution < 1.29 is 0 Å².